The zero-order valence-electron chi connectivity index (χ0n) is 13.0. The van der Waals surface area contributed by atoms with E-state index in [4.69, 9.17) is 15.3 Å². The van der Waals surface area contributed by atoms with Crippen molar-refractivity contribution in [1.82, 2.24) is 10.4 Å². The SMILES string of the molecule is CCCOCCC(Cc1ncc(C)c(OC)c1C)NN. The zero-order chi connectivity index (χ0) is 15.0. The predicted molar refractivity (Wildman–Crippen MR) is 80.8 cm³/mol. The Kier molecular flexibility index (Phi) is 7.51. The molecule has 1 rings (SSSR count). The molecular formula is C15H27N3O2. The van der Waals surface area contributed by atoms with Crippen molar-refractivity contribution in [3.05, 3.63) is 23.0 Å². The maximum absolute atomic E-state index is 5.62. The third-order valence-corrected chi connectivity index (χ3v) is 3.38. The van der Waals surface area contributed by atoms with E-state index >= 15 is 0 Å². The first-order chi connectivity index (χ1) is 9.63. The van der Waals surface area contributed by atoms with Gasteiger partial charge < -0.3 is 9.47 Å². The second kappa shape index (κ2) is 8.89. The van der Waals surface area contributed by atoms with Crippen LogP contribution in [0.4, 0.5) is 0 Å². The number of pyridine rings is 1. The number of nitrogens with zero attached hydrogens (tertiary/aromatic N) is 1. The minimum absolute atomic E-state index is 0.158. The molecule has 0 radical (unpaired) electrons. The summed E-state index contributed by atoms with van der Waals surface area (Å²) in [6.07, 6.45) is 4.53. The number of methoxy groups -OCH3 is 1. The topological polar surface area (TPSA) is 69.4 Å². The molecule has 1 heterocycles. The standard InChI is InChI=1S/C15H27N3O2/c1-5-7-20-8-6-13(18-16)9-14-12(3)15(19-4)11(2)10-17-14/h10,13,18H,5-9,16H2,1-4H3. The van der Waals surface area contributed by atoms with Crippen LogP contribution in [0.15, 0.2) is 6.20 Å². The Hall–Kier alpha value is -1.17. The van der Waals surface area contributed by atoms with Crippen molar-refractivity contribution in [3.63, 3.8) is 0 Å². The Morgan fingerprint density at radius 2 is 2.10 bits per heavy atom. The van der Waals surface area contributed by atoms with Crippen molar-refractivity contribution in [2.75, 3.05) is 20.3 Å². The van der Waals surface area contributed by atoms with Crippen molar-refractivity contribution in [2.24, 2.45) is 5.84 Å². The first-order valence-corrected chi connectivity index (χ1v) is 7.16. The highest BCUT2D eigenvalue weighted by atomic mass is 16.5. The molecule has 5 heteroatoms. The van der Waals surface area contributed by atoms with E-state index < -0.39 is 0 Å². The molecule has 1 atom stereocenters. The van der Waals surface area contributed by atoms with Crippen molar-refractivity contribution >= 4 is 0 Å². The van der Waals surface area contributed by atoms with Crippen LogP contribution >= 0.6 is 0 Å². The van der Waals surface area contributed by atoms with E-state index in [0.717, 1.165) is 48.4 Å². The molecule has 5 nitrogen and oxygen atoms in total. The minimum atomic E-state index is 0.158. The molecule has 20 heavy (non-hydrogen) atoms. The van der Waals surface area contributed by atoms with Gasteiger partial charge in [-0.1, -0.05) is 6.92 Å². The highest BCUT2D eigenvalue weighted by molar-refractivity contribution is 5.41. The molecule has 1 unspecified atom stereocenters. The van der Waals surface area contributed by atoms with E-state index in [2.05, 4.69) is 17.3 Å². The molecule has 0 fully saturated rings. The summed E-state index contributed by atoms with van der Waals surface area (Å²) in [5.74, 6) is 6.53. The van der Waals surface area contributed by atoms with Gasteiger partial charge in [0.25, 0.3) is 0 Å². The molecular weight excluding hydrogens is 254 g/mol. The molecule has 0 amide bonds. The van der Waals surface area contributed by atoms with Gasteiger partial charge in [-0.25, -0.2) is 0 Å². The van der Waals surface area contributed by atoms with Crippen LogP contribution in [0.2, 0.25) is 0 Å². The van der Waals surface area contributed by atoms with Gasteiger partial charge in [0.05, 0.1) is 7.11 Å². The average Bonchev–Trinajstić information content (AvgIpc) is 2.45. The number of nitrogens with one attached hydrogen (secondary N) is 1. The van der Waals surface area contributed by atoms with Gasteiger partial charge in [-0.3, -0.25) is 16.3 Å². The first kappa shape index (κ1) is 16.9. The predicted octanol–water partition coefficient (Wildman–Crippen LogP) is 1.90. The lowest BCUT2D eigenvalue weighted by Crippen LogP contribution is -2.38. The highest BCUT2D eigenvalue weighted by Gasteiger charge is 2.14. The summed E-state index contributed by atoms with van der Waals surface area (Å²) in [6, 6.07) is 0.158. The Morgan fingerprint density at radius 1 is 1.35 bits per heavy atom. The zero-order valence-corrected chi connectivity index (χ0v) is 13.0. The van der Waals surface area contributed by atoms with Crippen LogP contribution in [-0.2, 0) is 11.2 Å². The monoisotopic (exact) mass is 281 g/mol. The number of aromatic nitrogens is 1. The number of hydrogen-bond acceptors (Lipinski definition) is 5. The van der Waals surface area contributed by atoms with E-state index in [1.165, 1.54) is 0 Å². The van der Waals surface area contributed by atoms with Crippen LogP contribution in [0.3, 0.4) is 0 Å². The number of hydrazine groups is 1. The molecule has 0 aliphatic rings. The van der Waals surface area contributed by atoms with Crippen LogP contribution in [-0.4, -0.2) is 31.3 Å². The molecule has 1 aromatic heterocycles. The third kappa shape index (κ3) is 4.74. The van der Waals surface area contributed by atoms with E-state index in [9.17, 15) is 0 Å². The number of rotatable bonds is 9. The highest BCUT2D eigenvalue weighted by Crippen LogP contribution is 2.24. The molecule has 0 saturated heterocycles. The summed E-state index contributed by atoms with van der Waals surface area (Å²) in [6.45, 7) is 7.65. The second-order valence-corrected chi connectivity index (χ2v) is 5.01. The fourth-order valence-corrected chi connectivity index (χ4v) is 2.23. The molecule has 0 saturated carbocycles. The quantitative estimate of drug-likeness (QED) is 0.411. The summed E-state index contributed by atoms with van der Waals surface area (Å²) in [7, 11) is 1.69. The number of aryl methyl sites for hydroxylation is 1. The Labute approximate surface area is 121 Å². The Bertz CT molecular complexity index is 410. The van der Waals surface area contributed by atoms with E-state index in [-0.39, 0.29) is 6.04 Å². The van der Waals surface area contributed by atoms with E-state index in [1.807, 2.05) is 20.0 Å². The first-order valence-electron chi connectivity index (χ1n) is 7.16. The van der Waals surface area contributed by atoms with Crippen molar-refractivity contribution in [2.45, 2.75) is 46.1 Å². The summed E-state index contributed by atoms with van der Waals surface area (Å²) in [4.78, 5) is 4.50. The molecule has 0 aliphatic heterocycles. The Balaban J connectivity index is 2.65. The Morgan fingerprint density at radius 3 is 2.70 bits per heavy atom. The van der Waals surface area contributed by atoms with Crippen LogP contribution in [0, 0.1) is 13.8 Å². The largest absolute Gasteiger partial charge is 0.496 e. The van der Waals surface area contributed by atoms with E-state index in [1.54, 1.807) is 7.11 Å². The van der Waals surface area contributed by atoms with Gasteiger partial charge in [0, 0.05) is 48.7 Å². The van der Waals surface area contributed by atoms with Gasteiger partial charge in [0.1, 0.15) is 5.75 Å². The maximum atomic E-state index is 5.62. The van der Waals surface area contributed by atoms with Crippen LogP contribution in [0.5, 0.6) is 5.75 Å². The van der Waals surface area contributed by atoms with Crippen molar-refractivity contribution in [1.29, 1.82) is 0 Å². The second-order valence-electron chi connectivity index (χ2n) is 5.01. The number of hydrogen-bond donors (Lipinski definition) is 2. The lowest BCUT2D eigenvalue weighted by atomic mass is 10.0. The van der Waals surface area contributed by atoms with Gasteiger partial charge in [0.15, 0.2) is 0 Å². The third-order valence-electron chi connectivity index (χ3n) is 3.38. The maximum Gasteiger partial charge on any atom is 0.128 e. The normalized spacial score (nSPS) is 12.4. The molecule has 0 aromatic carbocycles. The smallest absolute Gasteiger partial charge is 0.128 e. The fraction of sp³-hybridized carbons (Fsp3) is 0.667. The summed E-state index contributed by atoms with van der Waals surface area (Å²) in [5.41, 5.74) is 6.00. The molecule has 0 bridgehead atoms. The van der Waals surface area contributed by atoms with Gasteiger partial charge in [-0.2, -0.15) is 0 Å². The van der Waals surface area contributed by atoms with Crippen LogP contribution < -0.4 is 16.0 Å². The minimum Gasteiger partial charge on any atom is -0.496 e. The van der Waals surface area contributed by atoms with Gasteiger partial charge >= 0.3 is 0 Å². The van der Waals surface area contributed by atoms with Crippen LogP contribution in [0.25, 0.3) is 0 Å². The average molecular weight is 281 g/mol. The van der Waals surface area contributed by atoms with Crippen molar-refractivity contribution in [3.8, 4) is 5.75 Å². The van der Waals surface area contributed by atoms with Gasteiger partial charge in [0.2, 0.25) is 0 Å². The molecule has 0 aliphatic carbocycles. The van der Waals surface area contributed by atoms with Crippen molar-refractivity contribution < 1.29 is 9.47 Å². The summed E-state index contributed by atoms with van der Waals surface area (Å²) in [5, 5.41) is 0. The van der Waals surface area contributed by atoms with Crippen LogP contribution in [0.1, 0.15) is 36.6 Å². The molecule has 3 N–H and O–H groups in total. The molecule has 114 valence electrons. The summed E-state index contributed by atoms with van der Waals surface area (Å²) < 4.78 is 10.9. The fourth-order valence-electron chi connectivity index (χ4n) is 2.23. The van der Waals surface area contributed by atoms with Gasteiger partial charge in [-0.05, 0) is 26.7 Å². The van der Waals surface area contributed by atoms with Gasteiger partial charge in [-0.15, -0.1) is 0 Å². The number of nitrogens with two attached hydrogens (primary N) is 1. The van der Waals surface area contributed by atoms with E-state index in [0.29, 0.717) is 6.61 Å². The lowest BCUT2D eigenvalue weighted by Gasteiger charge is -2.18. The lowest BCUT2D eigenvalue weighted by molar-refractivity contribution is 0.124. The molecule has 0 spiro atoms. The molecule has 1 aromatic rings. The summed E-state index contributed by atoms with van der Waals surface area (Å²) >= 11 is 0. The number of ether oxygens (including phenoxy) is 2.